The van der Waals surface area contributed by atoms with E-state index in [1.807, 2.05) is 60.6 Å². The summed E-state index contributed by atoms with van der Waals surface area (Å²) in [4.78, 5) is 30.9. The van der Waals surface area contributed by atoms with Gasteiger partial charge in [0.15, 0.2) is 11.5 Å². The number of nitrogens with two attached hydrogens (primary N) is 1. The summed E-state index contributed by atoms with van der Waals surface area (Å²) in [5.74, 6) is -0.478. The Labute approximate surface area is 252 Å². The molecule has 3 unspecified atom stereocenters. The van der Waals surface area contributed by atoms with Crippen molar-refractivity contribution >= 4 is 17.6 Å². The van der Waals surface area contributed by atoms with Gasteiger partial charge >= 0.3 is 5.97 Å². The van der Waals surface area contributed by atoms with Crippen molar-refractivity contribution in [3.63, 3.8) is 0 Å². The van der Waals surface area contributed by atoms with Crippen molar-refractivity contribution in [1.29, 1.82) is 0 Å². The minimum atomic E-state index is -0.882. The number of carboxylic acids is 1. The molecule has 1 amide bonds. The maximum Gasteiger partial charge on any atom is 0.308 e. The number of carboxylic acid groups (broad SMARTS) is 1. The summed E-state index contributed by atoms with van der Waals surface area (Å²) in [5.41, 5.74) is 9.59. The Morgan fingerprint density at radius 1 is 1.16 bits per heavy atom. The molecule has 0 bridgehead atoms. The molecule has 0 radical (unpaired) electrons. The van der Waals surface area contributed by atoms with Crippen LogP contribution in [0.5, 0.6) is 17.2 Å². The highest BCUT2D eigenvalue weighted by molar-refractivity contribution is 5.95. The van der Waals surface area contributed by atoms with E-state index in [0.29, 0.717) is 49.7 Å². The molecule has 43 heavy (non-hydrogen) atoms. The highest BCUT2D eigenvalue weighted by Gasteiger charge is 2.47. The zero-order chi connectivity index (χ0) is 30.5. The summed E-state index contributed by atoms with van der Waals surface area (Å²) in [7, 11) is 3.55. The van der Waals surface area contributed by atoms with E-state index in [0.717, 1.165) is 35.3 Å². The summed E-state index contributed by atoms with van der Waals surface area (Å²) in [5, 5.41) is 10.6. The largest absolute Gasteiger partial charge is 0.493 e. The number of aliphatic carboxylic acids is 1. The Bertz CT molecular complexity index is 1440. The molecule has 0 spiro atoms. The summed E-state index contributed by atoms with van der Waals surface area (Å²) in [6, 6.07) is 15.2. The van der Waals surface area contributed by atoms with Crippen LogP contribution in [-0.4, -0.2) is 66.0 Å². The molecule has 3 aromatic rings. The summed E-state index contributed by atoms with van der Waals surface area (Å²) in [6.45, 7) is 3.67. The number of methoxy groups -OCH3 is 1. The number of anilines is 1. The van der Waals surface area contributed by atoms with Crippen molar-refractivity contribution in [2.75, 3.05) is 38.4 Å². The maximum atomic E-state index is 14.1. The summed E-state index contributed by atoms with van der Waals surface area (Å²) >= 11 is 0. The van der Waals surface area contributed by atoms with Gasteiger partial charge in [-0.15, -0.1) is 0 Å². The van der Waals surface area contributed by atoms with E-state index in [2.05, 4.69) is 22.5 Å². The molecule has 1 aromatic heterocycles. The lowest BCUT2D eigenvalue weighted by Gasteiger charge is -2.30. The van der Waals surface area contributed by atoms with E-state index >= 15 is 0 Å². The van der Waals surface area contributed by atoms with E-state index in [1.54, 1.807) is 7.11 Å². The van der Waals surface area contributed by atoms with Crippen LogP contribution >= 0.6 is 0 Å². The number of carbonyl (C=O) groups excluding carboxylic acids is 1. The zero-order valence-electron chi connectivity index (χ0n) is 25.2. The molecule has 2 aromatic carbocycles. The van der Waals surface area contributed by atoms with Crippen molar-refractivity contribution in [3.05, 3.63) is 71.5 Å². The number of benzene rings is 2. The predicted molar refractivity (Wildman–Crippen MR) is 164 cm³/mol. The highest BCUT2D eigenvalue weighted by atomic mass is 16.7. The van der Waals surface area contributed by atoms with Gasteiger partial charge in [-0.1, -0.05) is 25.5 Å². The number of likely N-dealkylation sites (tertiary alicyclic amines) is 1. The third kappa shape index (κ3) is 6.50. The molecule has 2 aliphatic heterocycles. The van der Waals surface area contributed by atoms with Crippen molar-refractivity contribution in [2.24, 2.45) is 18.7 Å². The molecular formula is C33H42N4O6. The van der Waals surface area contributed by atoms with Gasteiger partial charge in [-0.3, -0.25) is 14.5 Å². The van der Waals surface area contributed by atoms with Gasteiger partial charge in [0.2, 0.25) is 18.4 Å². The average Bonchev–Trinajstić information content (AvgIpc) is 3.74. The number of hydrogen-bond acceptors (Lipinski definition) is 7. The SMILES string of the molecule is CCCCN(C(=O)CN1CC(c2cc(OC)c3c(c2)OCO3)C(C(=O)O)C1CCc1cccn1C)c1cccc(CN)c1. The molecule has 1 saturated heterocycles. The molecule has 0 saturated carbocycles. The third-order valence-electron chi connectivity index (χ3n) is 8.72. The molecule has 10 heteroatoms. The lowest BCUT2D eigenvalue weighted by molar-refractivity contribution is -0.143. The van der Waals surface area contributed by atoms with E-state index < -0.39 is 11.9 Å². The first-order valence-electron chi connectivity index (χ1n) is 15.0. The van der Waals surface area contributed by atoms with Crippen LogP contribution in [0.1, 0.15) is 48.9 Å². The van der Waals surface area contributed by atoms with Crippen LogP contribution in [0.15, 0.2) is 54.7 Å². The second-order valence-corrected chi connectivity index (χ2v) is 11.3. The standard InChI is InChI=1S/C33H42N4O6/c1-4-5-14-37(25-9-6-8-22(15-25)18-34)30(38)20-36-19-26(23-16-28(41-3)32-29(17-23)42-21-43-32)31(33(39)40)27(36)12-11-24-10-7-13-35(24)2/h6-10,13,15-17,26-27,31H,4-5,11-12,14,18-21,34H2,1-3H3,(H,39,40). The first-order chi connectivity index (χ1) is 20.8. The summed E-state index contributed by atoms with van der Waals surface area (Å²) < 4.78 is 18.9. The van der Waals surface area contributed by atoms with Gasteiger partial charge in [0.05, 0.1) is 19.6 Å². The van der Waals surface area contributed by atoms with Gasteiger partial charge in [-0.2, -0.15) is 0 Å². The second-order valence-electron chi connectivity index (χ2n) is 11.3. The van der Waals surface area contributed by atoms with Gasteiger partial charge in [0.1, 0.15) is 0 Å². The Kier molecular flexibility index (Phi) is 9.57. The number of aryl methyl sites for hydroxylation is 2. The lowest BCUT2D eigenvalue weighted by atomic mass is 9.83. The second kappa shape index (κ2) is 13.5. The van der Waals surface area contributed by atoms with Gasteiger partial charge in [-0.25, -0.2) is 0 Å². The smallest absolute Gasteiger partial charge is 0.308 e. The first-order valence-corrected chi connectivity index (χ1v) is 15.0. The van der Waals surface area contributed by atoms with E-state index in [9.17, 15) is 14.7 Å². The number of fused-ring (bicyclic) bond motifs is 1. The Morgan fingerprint density at radius 3 is 2.70 bits per heavy atom. The number of ether oxygens (including phenoxy) is 3. The van der Waals surface area contributed by atoms with E-state index in [4.69, 9.17) is 19.9 Å². The van der Waals surface area contributed by atoms with E-state index in [1.165, 1.54) is 0 Å². The fourth-order valence-electron chi connectivity index (χ4n) is 6.43. The first kappa shape index (κ1) is 30.4. The number of carbonyl (C=O) groups is 2. The molecule has 5 rings (SSSR count). The fourth-order valence-corrected chi connectivity index (χ4v) is 6.43. The van der Waals surface area contributed by atoms with Crippen LogP contribution in [0.2, 0.25) is 0 Å². The number of rotatable bonds is 13. The van der Waals surface area contributed by atoms with Gasteiger partial charge < -0.3 is 34.5 Å². The molecule has 2 aliphatic rings. The van der Waals surface area contributed by atoms with Crippen LogP contribution in [0.25, 0.3) is 0 Å². The van der Waals surface area contributed by atoms with Gasteiger partial charge in [0, 0.05) is 56.2 Å². The van der Waals surface area contributed by atoms with Crippen LogP contribution in [0.3, 0.4) is 0 Å². The topological polar surface area (TPSA) is 119 Å². The minimum Gasteiger partial charge on any atom is -0.493 e. The summed E-state index contributed by atoms with van der Waals surface area (Å²) in [6.07, 6.45) is 5.07. The quantitative estimate of drug-likeness (QED) is 0.305. The number of nitrogens with zero attached hydrogens (tertiary/aromatic N) is 3. The molecule has 0 aliphatic carbocycles. The minimum absolute atomic E-state index is 0.0560. The number of amides is 1. The van der Waals surface area contributed by atoms with Crippen molar-refractivity contribution in [1.82, 2.24) is 9.47 Å². The predicted octanol–water partition coefficient (Wildman–Crippen LogP) is 4.16. The average molecular weight is 591 g/mol. The van der Waals surface area contributed by atoms with Crippen LogP contribution in [0.4, 0.5) is 5.69 Å². The molecule has 3 heterocycles. The molecule has 3 N–H and O–H groups in total. The van der Waals surface area contributed by atoms with E-state index in [-0.39, 0.29) is 31.2 Å². The monoisotopic (exact) mass is 590 g/mol. The third-order valence-corrected chi connectivity index (χ3v) is 8.72. The number of hydrogen-bond donors (Lipinski definition) is 2. The highest BCUT2D eigenvalue weighted by Crippen LogP contribution is 2.47. The lowest BCUT2D eigenvalue weighted by Crippen LogP contribution is -2.44. The van der Waals surface area contributed by atoms with Gasteiger partial charge in [-0.05, 0) is 66.8 Å². The number of unbranched alkanes of at least 4 members (excludes halogenated alkanes) is 1. The Morgan fingerprint density at radius 2 is 2.00 bits per heavy atom. The fraction of sp³-hybridized carbons (Fsp3) is 0.455. The Balaban J connectivity index is 1.48. The normalized spacial score (nSPS) is 19.5. The van der Waals surface area contributed by atoms with Crippen molar-refractivity contribution < 1.29 is 28.9 Å². The molecule has 1 fully saturated rings. The van der Waals surface area contributed by atoms with Crippen LogP contribution in [-0.2, 0) is 29.6 Å². The van der Waals surface area contributed by atoms with Crippen LogP contribution in [0, 0.1) is 5.92 Å². The molecule has 3 atom stereocenters. The van der Waals surface area contributed by atoms with Crippen molar-refractivity contribution in [3.8, 4) is 17.2 Å². The Hall–Kier alpha value is -4.02. The molecule has 230 valence electrons. The van der Waals surface area contributed by atoms with Crippen LogP contribution < -0.4 is 24.8 Å². The number of aromatic nitrogens is 1. The van der Waals surface area contributed by atoms with Crippen molar-refractivity contribution in [2.45, 2.75) is 51.1 Å². The zero-order valence-corrected chi connectivity index (χ0v) is 25.2. The molecule has 10 nitrogen and oxygen atoms in total. The molecular weight excluding hydrogens is 548 g/mol. The maximum absolute atomic E-state index is 14.1. The van der Waals surface area contributed by atoms with Gasteiger partial charge in [0.25, 0.3) is 0 Å².